The van der Waals surface area contributed by atoms with Gasteiger partial charge < -0.3 is 9.84 Å². The molecule has 0 radical (unpaired) electrons. The first-order valence-corrected chi connectivity index (χ1v) is 2.95. The molecule has 0 bridgehead atoms. The molecule has 9 heavy (non-hydrogen) atoms. The molecule has 0 rings (SSSR count). The molecule has 0 aromatic carbocycles. The molecule has 0 aromatic rings. The molecular weight excluding hydrogens is 120 g/mol. The first kappa shape index (κ1) is 8.59. The van der Waals surface area contributed by atoms with Crippen molar-refractivity contribution >= 4 is 5.78 Å². The van der Waals surface area contributed by atoms with E-state index in [0.717, 1.165) is 0 Å². The number of Topliss-reactive ketones (excluding diaryl/α,β-unsaturated/α-hetero) is 1. The number of hydrogen-bond acceptors (Lipinski definition) is 3. The van der Waals surface area contributed by atoms with E-state index in [-0.39, 0.29) is 12.4 Å². The van der Waals surface area contributed by atoms with Gasteiger partial charge >= 0.3 is 0 Å². The van der Waals surface area contributed by atoms with Crippen molar-refractivity contribution in [3.63, 3.8) is 0 Å². The van der Waals surface area contributed by atoms with Crippen molar-refractivity contribution in [2.24, 2.45) is 0 Å². The second kappa shape index (κ2) is 4.47. The zero-order chi connectivity index (χ0) is 7.28. The topological polar surface area (TPSA) is 46.5 Å². The molecule has 0 aromatic heterocycles. The molecule has 54 valence electrons. The lowest BCUT2D eigenvalue weighted by Crippen LogP contribution is -2.25. The van der Waals surface area contributed by atoms with Gasteiger partial charge in [-0.1, -0.05) is 0 Å². The fraction of sp³-hybridized carbons (Fsp3) is 0.833. The number of aliphatic hydroxyl groups excluding tert-OH is 1. The molecule has 0 aliphatic rings. The van der Waals surface area contributed by atoms with E-state index in [1.807, 2.05) is 0 Å². The van der Waals surface area contributed by atoms with Crippen LogP contribution in [0.5, 0.6) is 0 Å². The monoisotopic (exact) mass is 132 g/mol. The van der Waals surface area contributed by atoms with Gasteiger partial charge in [-0.15, -0.1) is 0 Å². The van der Waals surface area contributed by atoms with E-state index in [9.17, 15) is 4.79 Å². The van der Waals surface area contributed by atoms with Gasteiger partial charge in [0.2, 0.25) is 0 Å². The predicted molar refractivity (Wildman–Crippen MR) is 33.2 cm³/mol. The van der Waals surface area contributed by atoms with Crippen LogP contribution in [0.25, 0.3) is 0 Å². The Morgan fingerprint density at radius 1 is 1.78 bits per heavy atom. The third kappa shape index (κ3) is 3.21. The van der Waals surface area contributed by atoms with Gasteiger partial charge in [0.15, 0.2) is 5.78 Å². The lowest BCUT2D eigenvalue weighted by Gasteiger charge is -2.08. The highest BCUT2D eigenvalue weighted by atomic mass is 16.5. The smallest absolute Gasteiger partial charge is 0.160 e. The molecule has 0 amide bonds. The first-order chi connectivity index (χ1) is 4.22. The van der Waals surface area contributed by atoms with Crippen LogP contribution in [-0.2, 0) is 9.53 Å². The van der Waals surface area contributed by atoms with Crippen LogP contribution in [0.15, 0.2) is 0 Å². The van der Waals surface area contributed by atoms with Crippen molar-refractivity contribution < 1.29 is 14.6 Å². The zero-order valence-corrected chi connectivity index (χ0v) is 5.76. The highest BCUT2D eigenvalue weighted by Crippen LogP contribution is 1.90. The molecule has 0 aliphatic carbocycles. The second-order valence-corrected chi connectivity index (χ2v) is 1.74. The molecule has 0 heterocycles. The number of ketones is 1. The summed E-state index contributed by atoms with van der Waals surface area (Å²) in [5, 5.41) is 8.48. The Labute approximate surface area is 54.6 Å². The van der Waals surface area contributed by atoms with Gasteiger partial charge in [0.25, 0.3) is 0 Å². The summed E-state index contributed by atoms with van der Waals surface area (Å²) in [6, 6.07) is 0. The summed E-state index contributed by atoms with van der Waals surface area (Å²) in [7, 11) is 0. The maximum absolute atomic E-state index is 10.5. The Balaban J connectivity index is 3.54. The predicted octanol–water partition coefficient (Wildman–Crippen LogP) is -0.0272. The number of hydrogen-bond donors (Lipinski definition) is 1. The summed E-state index contributed by atoms with van der Waals surface area (Å²) in [6.07, 6.45) is -0.616. The Kier molecular flexibility index (Phi) is 4.26. The molecule has 0 saturated heterocycles. The SMILES string of the molecule is CCOC(CO)C(C)=O. The van der Waals surface area contributed by atoms with Crippen LogP contribution >= 0.6 is 0 Å². The molecule has 1 N–H and O–H groups in total. The summed E-state index contributed by atoms with van der Waals surface area (Å²) in [4.78, 5) is 10.5. The Morgan fingerprint density at radius 3 is 2.44 bits per heavy atom. The van der Waals surface area contributed by atoms with E-state index in [1.54, 1.807) is 6.92 Å². The van der Waals surface area contributed by atoms with Gasteiger partial charge in [0, 0.05) is 6.61 Å². The van der Waals surface area contributed by atoms with E-state index >= 15 is 0 Å². The standard InChI is InChI=1S/C6H12O3/c1-3-9-6(4-7)5(2)8/h6-7H,3-4H2,1-2H3. The Bertz CT molecular complexity index is 90.3. The van der Waals surface area contributed by atoms with Gasteiger partial charge in [0.05, 0.1) is 6.61 Å². The average Bonchev–Trinajstić information content (AvgIpc) is 1.82. The number of rotatable bonds is 4. The quantitative estimate of drug-likeness (QED) is 0.584. The molecule has 3 nitrogen and oxygen atoms in total. The minimum atomic E-state index is -0.616. The molecule has 0 spiro atoms. The van der Waals surface area contributed by atoms with Crippen molar-refractivity contribution in [2.45, 2.75) is 20.0 Å². The van der Waals surface area contributed by atoms with Crippen LogP contribution < -0.4 is 0 Å². The van der Waals surface area contributed by atoms with Crippen LogP contribution in [0, 0.1) is 0 Å². The largest absolute Gasteiger partial charge is 0.393 e. The second-order valence-electron chi connectivity index (χ2n) is 1.74. The van der Waals surface area contributed by atoms with Gasteiger partial charge in [0.1, 0.15) is 6.10 Å². The Hall–Kier alpha value is -0.410. The highest BCUT2D eigenvalue weighted by Gasteiger charge is 2.10. The molecule has 3 heteroatoms. The fourth-order valence-corrected chi connectivity index (χ4v) is 0.500. The summed E-state index contributed by atoms with van der Waals surface area (Å²) in [6.45, 7) is 3.43. The van der Waals surface area contributed by atoms with E-state index in [0.29, 0.717) is 6.61 Å². The van der Waals surface area contributed by atoms with Crippen LogP contribution in [0.1, 0.15) is 13.8 Å². The van der Waals surface area contributed by atoms with Crippen LogP contribution in [0.2, 0.25) is 0 Å². The molecule has 0 saturated carbocycles. The highest BCUT2D eigenvalue weighted by molar-refractivity contribution is 5.80. The summed E-state index contributed by atoms with van der Waals surface area (Å²) in [5.74, 6) is -0.126. The Morgan fingerprint density at radius 2 is 2.33 bits per heavy atom. The molecule has 1 atom stereocenters. The average molecular weight is 132 g/mol. The molecule has 0 fully saturated rings. The van der Waals surface area contributed by atoms with Gasteiger partial charge in [-0.05, 0) is 13.8 Å². The van der Waals surface area contributed by atoms with Gasteiger partial charge in [-0.2, -0.15) is 0 Å². The van der Waals surface area contributed by atoms with E-state index in [1.165, 1.54) is 6.92 Å². The number of carbonyl (C=O) groups is 1. The van der Waals surface area contributed by atoms with Crippen LogP contribution in [0.4, 0.5) is 0 Å². The van der Waals surface area contributed by atoms with Crippen molar-refractivity contribution in [1.82, 2.24) is 0 Å². The van der Waals surface area contributed by atoms with Crippen molar-refractivity contribution in [1.29, 1.82) is 0 Å². The minimum absolute atomic E-state index is 0.126. The van der Waals surface area contributed by atoms with Crippen molar-refractivity contribution in [3.05, 3.63) is 0 Å². The lowest BCUT2D eigenvalue weighted by atomic mass is 10.3. The fourth-order valence-electron chi connectivity index (χ4n) is 0.500. The summed E-state index contributed by atoms with van der Waals surface area (Å²) >= 11 is 0. The number of aliphatic hydroxyl groups is 1. The van der Waals surface area contributed by atoms with E-state index in [2.05, 4.69) is 0 Å². The first-order valence-electron chi connectivity index (χ1n) is 2.95. The van der Waals surface area contributed by atoms with Gasteiger partial charge in [-0.25, -0.2) is 0 Å². The van der Waals surface area contributed by atoms with Crippen LogP contribution in [0.3, 0.4) is 0 Å². The third-order valence-electron chi connectivity index (χ3n) is 0.987. The maximum atomic E-state index is 10.5. The maximum Gasteiger partial charge on any atom is 0.160 e. The zero-order valence-electron chi connectivity index (χ0n) is 5.76. The molecular formula is C6H12O3. The van der Waals surface area contributed by atoms with E-state index in [4.69, 9.17) is 9.84 Å². The lowest BCUT2D eigenvalue weighted by molar-refractivity contribution is -0.130. The number of ether oxygens (including phenoxy) is 1. The normalized spacial score (nSPS) is 13.2. The summed E-state index contributed by atoms with van der Waals surface area (Å²) < 4.78 is 4.85. The number of carbonyl (C=O) groups excluding carboxylic acids is 1. The third-order valence-corrected chi connectivity index (χ3v) is 0.987. The summed E-state index contributed by atoms with van der Waals surface area (Å²) in [5.41, 5.74) is 0. The molecule has 1 unspecified atom stereocenters. The van der Waals surface area contributed by atoms with E-state index < -0.39 is 6.10 Å². The van der Waals surface area contributed by atoms with Crippen molar-refractivity contribution in [2.75, 3.05) is 13.2 Å². The molecule has 0 aliphatic heterocycles. The van der Waals surface area contributed by atoms with Crippen LogP contribution in [-0.4, -0.2) is 30.2 Å². The van der Waals surface area contributed by atoms with Crippen molar-refractivity contribution in [3.8, 4) is 0 Å². The minimum Gasteiger partial charge on any atom is -0.393 e. The van der Waals surface area contributed by atoms with Gasteiger partial charge in [-0.3, -0.25) is 4.79 Å².